The van der Waals surface area contributed by atoms with E-state index in [1.165, 1.54) is 0 Å². The third-order valence-corrected chi connectivity index (χ3v) is 4.07. The molecule has 1 atom stereocenters. The van der Waals surface area contributed by atoms with E-state index >= 15 is 0 Å². The van der Waals surface area contributed by atoms with Gasteiger partial charge in [-0.05, 0) is 36.5 Å². The average molecular weight is 419 g/mol. The van der Waals surface area contributed by atoms with Crippen molar-refractivity contribution < 1.29 is 28.5 Å². The van der Waals surface area contributed by atoms with Crippen molar-refractivity contribution in [2.24, 2.45) is 17.3 Å². The molecule has 0 bridgehead atoms. The lowest BCUT2D eigenvalue weighted by Gasteiger charge is -2.22. The highest BCUT2D eigenvalue weighted by atomic mass is 16.6. The van der Waals surface area contributed by atoms with Gasteiger partial charge in [0.25, 0.3) is 0 Å². The average Bonchev–Trinajstić information content (AvgIpc) is 2.60. The smallest absolute Gasteiger partial charge is 0.305 e. The molecule has 0 aromatic heterocycles. The molecule has 1 unspecified atom stereocenters. The van der Waals surface area contributed by atoms with Crippen molar-refractivity contribution in [3.63, 3.8) is 0 Å². The summed E-state index contributed by atoms with van der Waals surface area (Å²) in [4.78, 5) is 11.7. The Morgan fingerprint density at radius 3 is 1.79 bits per heavy atom. The Hall–Kier alpha value is -0.690. The largest absolute Gasteiger partial charge is 0.466 e. The molecule has 0 aliphatic carbocycles. The quantitative estimate of drug-likeness (QED) is 0.227. The van der Waals surface area contributed by atoms with Crippen LogP contribution in [0.25, 0.3) is 0 Å². The van der Waals surface area contributed by atoms with Crippen LogP contribution in [-0.2, 0) is 28.5 Å². The fourth-order valence-electron chi connectivity index (χ4n) is 2.89. The molecule has 0 aliphatic heterocycles. The predicted octanol–water partition coefficient (Wildman–Crippen LogP) is 4.49. The lowest BCUT2D eigenvalue weighted by Crippen LogP contribution is -2.15. The van der Waals surface area contributed by atoms with Gasteiger partial charge in [-0.25, -0.2) is 0 Å². The van der Waals surface area contributed by atoms with Crippen molar-refractivity contribution in [2.75, 3.05) is 59.5 Å². The van der Waals surface area contributed by atoms with E-state index in [9.17, 15) is 4.79 Å². The number of hydrogen-bond donors (Lipinski definition) is 0. The summed E-state index contributed by atoms with van der Waals surface area (Å²) in [5.41, 5.74) is 0.319. The van der Waals surface area contributed by atoms with Gasteiger partial charge in [0, 0.05) is 19.6 Å². The van der Waals surface area contributed by atoms with E-state index < -0.39 is 0 Å². The Bertz CT molecular complexity index is 378. The molecule has 0 aromatic carbocycles. The first-order valence-corrected chi connectivity index (χ1v) is 11.2. The predicted molar refractivity (Wildman–Crippen MR) is 116 cm³/mol. The molecule has 6 nitrogen and oxygen atoms in total. The zero-order valence-corrected chi connectivity index (χ0v) is 19.8. The zero-order chi connectivity index (χ0) is 22.0. The number of hydrogen-bond acceptors (Lipinski definition) is 6. The van der Waals surface area contributed by atoms with Crippen molar-refractivity contribution in [1.82, 2.24) is 0 Å². The molecule has 0 aromatic rings. The van der Waals surface area contributed by atoms with Gasteiger partial charge < -0.3 is 23.7 Å². The van der Waals surface area contributed by atoms with Gasteiger partial charge in [-0.3, -0.25) is 4.79 Å². The summed E-state index contributed by atoms with van der Waals surface area (Å²) < 4.78 is 27.0. The van der Waals surface area contributed by atoms with Gasteiger partial charge in [-0.15, -0.1) is 0 Å². The van der Waals surface area contributed by atoms with Gasteiger partial charge in [0.05, 0.1) is 46.2 Å². The van der Waals surface area contributed by atoms with Crippen LogP contribution in [0.4, 0.5) is 0 Å². The zero-order valence-electron chi connectivity index (χ0n) is 19.8. The van der Waals surface area contributed by atoms with E-state index in [0.29, 0.717) is 82.9 Å². The maximum atomic E-state index is 11.7. The highest BCUT2D eigenvalue weighted by Gasteiger charge is 2.15. The molecule has 0 heterocycles. The Balaban J connectivity index is 3.29. The highest BCUT2D eigenvalue weighted by molar-refractivity contribution is 5.69. The van der Waals surface area contributed by atoms with Gasteiger partial charge in [-0.1, -0.05) is 41.5 Å². The Morgan fingerprint density at radius 1 is 0.759 bits per heavy atom. The van der Waals surface area contributed by atoms with Crippen LogP contribution in [0.15, 0.2) is 0 Å². The molecule has 0 aliphatic rings. The van der Waals surface area contributed by atoms with Gasteiger partial charge in [0.2, 0.25) is 0 Å². The van der Waals surface area contributed by atoms with E-state index in [1.54, 1.807) is 0 Å². The molecule has 0 saturated carbocycles. The van der Waals surface area contributed by atoms with Gasteiger partial charge in [-0.2, -0.15) is 0 Å². The van der Waals surface area contributed by atoms with Crippen molar-refractivity contribution in [3.8, 4) is 0 Å². The number of carbonyl (C=O) groups is 1. The van der Waals surface area contributed by atoms with Gasteiger partial charge >= 0.3 is 5.97 Å². The molecule has 29 heavy (non-hydrogen) atoms. The second kappa shape index (κ2) is 18.1. The van der Waals surface area contributed by atoms with Crippen LogP contribution < -0.4 is 0 Å². The van der Waals surface area contributed by atoms with E-state index in [2.05, 4.69) is 41.5 Å². The summed E-state index contributed by atoms with van der Waals surface area (Å²) in [6.45, 7) is 18.4. The van der Waals surface area contributed by atoms with Crippen molar-refractivity contribution in [2.45, 2.75) is 67.2 Å². The van der Waals surface area contributed by atoms with Crippen LogP contribution in [-0.4, -0.2) is 65.4 Å². The third kappa shape index (κ3) is 23.5. The van der Waals surface area contributed by atoms with Crippen LogP contribution in [0, 0.1) is 17.3 Å². The molecule has 0 radical (unpaired) electrons. The summed E-state index contributed by atoms with van der Waals surface area (Å²) >= 11 is 0. The van der Waals surface area contributed by atoms with Gasteiger partial charge in [0.1, 0.15) is 0 Å². The molecule has 0 fully saturated rings. The van der Waals surface area contributed by atoms with E-state index in [1.807, 2.05) is 0 Å². The number of carbonyl (C=O) groups excluding carboxylic acids is 1. The second-order valence-electron chi connectivity index (χ2n) is 9.29. The van der Waals surface area contributed by atoms with Crippen molar-refractivity contribution in [1.29, 1.82) is 0 Å². The number of esters is 1. The minimum Gasteiger partial charge on any atom is -0.466 e. The van der Waals surface area contributed by atoms with Crippen LogP contribution >= 0.6 is 0 Å². The summed E-state index contributed by atoms with van der Waals surface area (Å²) in [5.74, 6) is 0.980. The van der Waals surface area contributed by atoms with E-state index in [-0.39, 0.29) is 5.97 Å². The monoisotopic (exact) mass is 418 g/mol. The molecule has 0 spiro atoms. The fourth-order valence-corrected chi connectivity index (χ4v) is 2.89. The summed E-state index contributed by atoms with van der Waals surface area (Å²) in [6, 6.07) is 0. The topological polar surface area (TPSA) is 63.2 Å². The second-order valence-corrected chi connectivity index (χ2v) is 9.29. The lowest BCUT2D eigenvalue weighted by molar-refractivity contribution is -0.144. The Morgan fingerprint density at radius 2 is 1.28 bits per heavy atom. The Kier molecular flexibility index (Phi) is 17.7. The SMILES string of the molecule is CC(C)COCCOCCOCCOCCCC(=O)OCCC(C)CC(C)(C)C. The van der Waals surface area contributed by atoms with Gasteiger partial charge in [0.15, 0.2) is 0 Å². The van der Waals surface area contributed by atoms with Crippen LogP contribution in [0.5, 0.6) is 0 Å². The first kappa shape index (κ1) is 28.3. The maximum absolute atomic E-state index is 11.7. The van der Waals surface area contributed by atoms with E-state index in [4.69, 9.17) is 23.7 Å². The minimum absolute atomic E-state index is 0.137. The molecule has 0 rings (SSSR count). The van der Waals surface area contributed by atoms with Crippen LogP contribution in [0.2, 0.25) is 0 Å². The summed E-state index contributed by atoms with van der Waals surface area (Å²) in [5, 5.41) is 0. The molecule has 0 saturated heterocycles. The minimum atomic E-state index is -0.137. The summed E-state index contributed by atoms with van der Waals surface area (Å²) in [6.07, 6.45) is 3.14. The van der Waals surface area contributed by atoms with Crippen LogP contribution in [0.1, 0.15) is 67.2 Å². The summed E-state index contributed by atoms with van der Waals surface area (Å²) in [7, 11) is 0. The first-order chi connectivity index (χ1) is 13.7. The first-order valence-electron chi connectivity index (χ1n) is 11.2. The molecular formula is C23H46O6. The molecule has 174 valence electrons. The molecule has 0 amide bonds. The molecule has 6 heteroatoms. The Labute approximate surface area is 178 Å². The molecular weight excluding hydrogens is 372 g/mol. The fraction of sp³-hybridized carbons (Fsp3) is 0.957. The lowest BCUT2D eigenvalue weighted by atomic mass is 9.84. The maximum Gasteiger partial charge on any atom is 0.305 e. The van der Waals surface area contributed by atoms with Crippen molar-refractivity contribution in [3.05, 3.63) is 0 Å². The normalized spacial score (nSPS) is 13.1. The number of ether oxygens (including phenoxy) is 5. The van der Waals surface area contributed by atoms with Crippen molar-refractivity contribution >= 4 is 5.97 Å². The highest BCUT2D eigenvalue weighted by Crippen LogP contribution is 2.25. The molecule has 0 N–H and O–H groups in total. The standard InChI is InChI=1S/C23H46O6/c1-20(2)19-28-17-16-27-15-14-26-13-12-25-10-7-8-22(24)29-11-9-21(3)18-23(4,5)6/h20-21H,7-19H2,1-6H3. The third-order valence-electron chi connectivity index (χ3n) is 4.07. The van der Waals surface area contributed by atoms with E-state index in [0.717, 1.165) is 19.4 Å². The van der Waals surface area contributed by atoms with Crippen LogP contribution in [0.3, 0.4) is 0 Å². The number of rotatable bonds is 19.